The Morgan fingerprint density at radius 2 is 1.55 bits per heavy atom. The summed E-state index contributed by atoms with van der Waals surface area (Å²) in [6, 6.07) is 4.41. The van der Waals surface area contributed by atoms with Crippen LogP contribution in [0.5, 0.6) is 0 Å². The van der Waals surface area contributed by atoms with Crippen molar-refractivity contribution in [1.82, 2.24) is 0 Å². The first-order chi connectivity index (χ1) is 3.70. The SMILES string of the molecule is Cc1cc(C)c(C)[cH-]1.[Cl-].[Cl-].[Ti+3]. The second-order valence-corrected chi connectivity index (χ2v) is 2.40. The van der Waals surface area contributed by atoms with E-state index in [-0.39, 0.29) is 46.5 Å². The van der Waals surface area contributed by atoms with Crippen LogP contribution in [0.1, 0.15) is 16.7 Å². The second kappa shape index (κ2) is 7.30. The number of hydrogen-bond acceptors (Lipinski definition) is 0. The molecule has 0 bridgehead atoms. The summed E-state index contributed by atoms with van der Waals surface area (Å²) in [5, 5.41) is 0. The first-order valence-electron chi connectivity index (χ1n) is 2.90. The molecule has 0 aromatic heterocycles. The molecular formula is C8H11Cl2Ti. The van der Waals surface area contributed by atoms with Crippen molar-refractivity contribution in [3.05, 3.63) is 28.8 Å². The van der Waals surface area contributed by atoms with Crippen molar-refractivity contribution in [3.8, 4) is 0 Å². The summed E-state index contributed by atoms with van der Waals surface area (Å²) in [5.41, 5.74) is 4.19. The van der Waals surface area contributed by atoms with Crippen LogP contribution in [-0.4, -0.2) is 0 Å². The monoisotopic (exact) mass is 225 g/mol. The van der Waals surface area contributed by atoms with Gasteiger partial charge in [0.1, 0.15) is 0 Å². The molecule has 0 aliphatic carbocycles. The summed E-state index contributed by atoms with van der Waals surface area (Å²) in [6.45, 7) is 6.41. The van der Waals surface area contributed by atoms with Gasteiger partial charge in [0.25, 0.3) is 0 Å². The van der Waals surface area contributed by atoms with Crippen LogP contribution in [0.25, 0.3) is 0 Å². The van der Waals surface area contributed by atoms with Crippen LogP contribution in [0, 0.1) is 20.8 Å². The Morgan fingerprint density at radius 3 is 1.64 bits per heavy atom. The number of hydrogen-bond donors (Lipinski definition) is 0. The number of rotatable bonds is 0. The van der Waals surface area contributed by atoms with Gasteiger partial charge in [-0.15, -0.1) is 0 Å². The number of aryl methyl sites for hydroxylation is 3. The van der Waals surface area contributed by atoms with Crippen LogP contribution in [0.2, 0.25) is 0 Å². The molecule has 61 valence electrons. The minimum atomic E-state index is 0. The molecule has 0 spiro atoms. The van der Waals surface area contributed by atoms with E-state index in [0.717, 1.165) is 0 Å². The van der Waals surface area contributed by atoms with E-state index in [4.69, 9.17) is 0 Å². The van der Waals surface area contributed by atoms with Gasteiger partial charge in [-0.3, -0.25) is 0 Å². The van der Waals surface area contributed by atoms with E-state index in [1.807, 2.05) is 0 Å². The Balaban J connectivity index is -0.000000213. The van der Waals surface area contributed by atoms with Gasteiger partial charge >= 0.3 is 21.7 Å². The second-order valence-electron chi connectivity index (χ2n) is 2.40. The molecule has 3 heteroatoms. The molecule has 1 radical (unpaired) electrons. The molecule has 11 heavy (non-hydrogen) atoms. The molecule has 1 aromatic carbocycles. The molecule has 0 heterocycles. The van der Waals surface area contributed by atoms with Crippen molar-refractivity contribution in [2.24, 2.45) is 0 Å². The Morgan fingerprint density at radius 1 is 1.09 bits per heavy atom. The molecule has 0 N–H and O–H groups in total. The molecule has 0 nitrogen and oxygen atoms in total. The van der Waals surface area contributed by atoms with Gasteiger partial charge in [0.05, 0.1) is 0 Å². The average Bonchev–Trinajstić information content (AvgIpc) is 1.85. The molecule has 0 saturated carbocycles. The van der Waals surface area contributed by atoms with E-state index >= 15 is 0 Å². The van der Waals surface area contributed by atoms with Gasteiger partial charge < -0.3 is 24.8 Å². The van der Waals surface area contributed by atoms with E-state index in [1.165, 1.54) is 16.7 Å². The Labute approximate surface area is 95.8 Å². The standard InChI is InChI=1S/C8H11.2ClH.Ti/c1-6-4-7(2)8(3)5-6;;;/h4-5H,1-3H3;2*1H;/q-1;;;+3/p-2. The van der Waals surface area contributed by atoms with Gasteiger partial charge in [0, 0.05) is 0 Å². The normalized spacial score (nSPS) is 7.18. The Kier molecular flexibility index (Phi) is 11.7. The van der Waals surface area contributed by atoms with Crippen molar-refractivity contribution in [1.29, 1.82) is 0 Å². The fourth-order valence-electron chi connectivity index (χ4n) is 0.952. The number of halogens is 2. The summed E-state index contributed by atoms with van der Waals surface area (Å²) in [7, 11) is 0. The Hall–Kier alpha value is 0.644. The molecule has 1 aromatic rings. The van der Waals surface area contributed by atoms with Crippen LogP contribution < -0.4 is 24.8 Å². The van der Waals surface area contributed by atoms with E-state index in [0.29, 0.717) is 0 Å². The predicted octanol–water partition coefficient (Wildman–Crippen LogP) is -3.66. The molecule has 1 rings (SSSR count). The van der Waals surface area contributed by atoms with Crippen LogP contribution >= 0.6 is 0 Å². The summed E-state index contributed by atoms with van der Waals surface area (Å²) in [6.07, 6.45) is 0. The quantitative estimate of drug-likeness (QED) is 0.316. The van der Waals surface area contributed by atoms with E-state index in [9.17, 15) is 0 Å². The summed E-state index contributed by atoms with van der Waals surface area (Å²) >= 11 is 0. The van der Waals surface area contributed by atoms with Crippen molar-refractivity contribution < 1.29 is 46.5 Å². The largest absolute Gasteiger partial charge is 3.00 e. The zero-order valence-electron chi connectivity index (χ0n) is 6.91. The van der Waals surface area contributed by atoms with Gasteiger partial charge in [0.2, 0.25) is 0 Å². The molecule has 0 aliphatic rings. The fourth-order valence-corrected chi connectivity index (χ4v) is 0.952. The molecular weight excluding hydrogens is 215 g/mol. The van der Waals surface area contributed by atoms with E-state index in [2.05, 4.69) is 32.9 Å². The van der Waals surface area contributed by atoms with Gasteiger partial charge in [-0.2, -0.15) is 22.8 Å². The Bertz CT molecular complexity index is 174. The van der Waals surface area contributed by atoms with Crippen LogP contribution in [0.15, 0.2) is 12.1 Å². The van der Waals surface area contributed by atoms with E-state index in [1.54, 1.807) is 0 Å². The molecule has 0 aliphatic heterocycles. The maximum absolute atomic E-state index is 2.20. The smallest absolute Gasteiger partial charge is 1.00 e. The van der Waals surface area contributed by atoms with Crippen LogP contribution in [0.4, 0.5) is 0 Å². The molecule has 0 unspecified atom stereocenters. The van der Waals surface area contributed by atoms with Gasteiger partial charge in [0.15, 0.2) is 0 Å². The third-order valence-corrected chi connectivity index (χ3v) is 1.51. The van der Waals surface area contributed by atoms with Crippen molar-refractivity contribution >= 4 is 0 Å². The van der Waals surface area contributed by atoms with Crippen LogP contribution in [0.3, 0.4) is 0 Å². The molecule has 0 saturated heterocycles. The van der Waals surface area contributed by atoms with Crippen molar-refractivity contribution in [3.63, 3.8) is 0 Å². The zero-order valence-corrected chi connectivity index (χ0v) is 9.98. The molecule has 0 amide bonds. The first-order valence-corrected chi connectivity index (χ1v) is 2.90. The van der Waals surface area contributed by atoms with Gasteiger partial charge in [-0.05, 0) is 0 Å². The van der Waals surface area contributed by atoms with Crippen molar-refractivity contribution in [2.45, 2.75) is 20.8 Å². The maximum Gasteiger partial charge on any atom is 3.00 e. The fraction of sp³-hybridized carbons (Fsp3) is 0.375. The van der Waals surface area contributed by atoms with Gasteiger partial charge in [-0.1, -0.05) is 20.8 Å². The zero-order chi connectivity index (χ0) is 6.15. The molecule has 0 fully saturated rings. The summed E-state index contributed by atoms with van der Waals surface area (Å²) in [5.74, 6) is 0. The minimum Gasteiger partial charge on any atom is -1.00 e. The summed E-state index contributed by atoms with van der Waals surface area (Å²) in [4.78, 5) is 0. The summed E-state index contributed by atoms with van der Waals surface area (Å²) < 4.78 is 0. The van der Waals surface area contributed by atoms with Gasteiger partial charge in [-0.25, -0.2) is 6.07 Å². The third kappa shape index (κ3) is 4.97. The minimum absolute atomic E-state index is 0. The van der Waals surface area contributed by atoms with Crippen molar-refractivity contribution in [2.75, 3.05) is 0 Å². The van der Waals surface area contributed by atoms with E-state index < -0.39 is 0 Å². The first kappa shape index (κ1) is 17.7. The predicted molar refractivity (Wildman–Crippen MR) is 36.2 cm³/mol. The third-order valence-electron chi connectivity index (χ3n) is 1.51. The topological polar surface area (TPSA) is 0 Å². The average molecular weight is 226 g/mol. The van der Waals surface area contributed by atoms with Crippen LogP contribution in [-0.2, 0) is 21.7 Å². The maximum atomic E-state index is 2.20. The molecule has 0 atom stereocenters.